The molecule has 0 spiro atoms. The van der Waals surface area contributed by atoms with Crippen LogP contribution in [-0.2, 0) is 0 Å². The Morgan fingerprint density at radius 2 is 2.47 bits per heavy atom. The highest BCUT2D eigenvalue weighted by atomic mass is 16.3. The second kappa shape index (κ2) is 4.06. The van der Waals surface area contributed by atoms with Crippen LogP contribution in [0.4, 0.5) is 11.5 Å². The highest BCUT2D eigenvalue weighted by Crippen LogP contribution is 2.28. The molecule has 0 bridgehead atoms. The van der Waals surface area contributed by atoms with Gasteiger partial charge >= 0.3 is 0 Å². The average Bonchev–Trinajstić information content (AvgIpc) is 2.70. The summed E-state index contributed by atoms with van der Waals surface area (Å²) in [4.78, 5) is 6.47. The topological polar surface area (TPSA) is 62.4 Å². The number of aromatic nitrogens is 1. The van der Waals surface area contributed by atoms with Gasteiger partial charge in [-0.2, -0.15) is 0 Å². The van der Waals surface area contributed by atoms with E-state index in [1.54, 1.807) is 6.20 Å². The monoisotopic (exact) mass is 207 g/mol. The summed E-state index contributed by atoms with van der Waals surface area (Å²) in [6.07, 6.45) is 2.80. The van der Waals surface area contributed by atoms with E-state index in [0.29, 0.717) is 5.92 Å². The SMILES string of the molecule is Cc1ccnc(N2CCC(CO)C2)c1N. The van der Waals surface area contributed by atoms with E-state index < -0.39 is 0 Å². The molecule has 4 heteroatoms. The molecule has 1 aromatic heterocycles. The van der Waals surface area contributed by atoms with Crippen LogP contribution in [0.2, 0.25) is 0 Å². The van der Waals surface area contributed by atoms with Crippen LogP contribution in [-0.4, -0.2) is 29.8 Å². The maximum absolute atomic E-state index is 9.08. The fourth-order valence-corrected chi connectivity index (χ4v) is 1.98. The molecular weight excluding hydrogens is 190 g/mol. The van der Waals surface area contributed by atoms with Gasteiger partial charge in [0.15, 0.2) is 5.82 Å². The van der Waals surface area contributed by atoms with Crippen molar-refractivity contribution in [1.82, 2.24) is 4.98 Å². The van der Waals surface area contributed by atoms with Crippen LogP contribution < -0.4 is 10.6 Å². The molecule has 1 saturated heterocycles. The Hall–Kier alpha value is -1.29. The maximum Gasteiger partial charge on any atom is 0.152 e. The van der Waals surface area contributed by atoms with E-state index in [1.807, 2.05) is 13.0 Å². The van der Waals surface area contributed by atoms with Gasteiger partial charge in [0.25, 0.3) is 0 Å². The highest BCUT2D eigenvalue weighted by Gasteiger charge is 2.24. The zero-order valence-electron chi connectivity index (χ0n) is 8.98. The molecular formula is C11H17N3O. The van der Waals surface area contributed by atoms with Gasteiger partial charge in [-0.1, -0.05) is 0 Å². The predicted octanol–water partition coefficient (Wildman–Crippen LogP) is 0.791. The molecule has 1 aromatic rings. The van der Waals surface area contributed by atoms with Gasteiger partial charge in [0.05, 0.1) is 5.69 Å². The summed E-state index contributed by atoms with van der Waals surface area (Å²) in [6.45, 7) is 4.03. The molecule has 1 atom stereocenters. The minimum absolute atomic E-state index is 0.252. The largest absolute Gasteiger partial charge is 0.396 e. The third-order valence-electron chi connectivity index (χ3n) is 3.03. The van der Waals surface area contributed by atoms with Gasteiger partial charge in [-0.05, 0) is 25.0 Å². The maximum atomic E-state index is 9.08. The Bertz CT molecular complexity index is 354. The van der Waals surface area contributed by atoms with Crippen LogP contribution in [0.25, 0.3) is 0 Å². The molecule has 0 aromatic carbocycles. The molecule has 82 valence electrons. The van der Waals surface area contributed by atoms with Crippen LogP contribution >= 0.6 is 0 Å². The van der Waals surface area contributed by atoms with Crippen molar-refractivity contribution in [3.63, 3.8) is 0 Å². The Morgan fingerprint density at radius 3 is 3.13 bits per heavy atom. The molecule has 0 radical (unpaired) electrons. The number of pyridine rings is 1. The van der Waals surface area contributed by atoms with Gasteiger partial charge in [-0.15, -0.1) is 0 Å². The van der Waals surface area contributed by atoms with Crippen molar-refractivity contribution in [3.8, 4) is 0 Å². The standard InChI is InChI=1S/C11H17N3O/c1-8-2-4-13-11(10(8)12)14-5-3-9(6-14)7-15/h2,4,9,15H,3,5-7,12H2,1H3. The number of nitrogen functional groups attached to an aromatic ring is 1. The lowest BCUT2D eigenvalue weighted by Crippen LogP contribution is -2.23. The van der Waals surface area contributed by atoms with Crippen LogP contribution in [0.3, 0.4) is 0 Å². The second-order valence-corrected chi connectivity index (χ2v) is 4.15. The first-order valence-corrected chi connectivity index (χ1v) is 5.29. The predicted molar refractivity (Wildman–Crippen MR) is 60.8 cm³/mol. The smallest absolute Gasteiger partial charge is 0.152 e. The first kappa shape index (κ1) is 10.2. The quantitative estimate of drug-likeness (QED) is 0.752. The van der Waals surface area contributed by atoms with Crippen molar-refractivity contribution in [3.05, 3.63) is 17.8 Å². The van der Waals surface area contributed by atoms with Crippen LogP contribution in [0, 0.1) is 12.8 Å². The summed E-state index contributed by atoms with van der Waals surface area (Å²) < 4.78 is 0. The van der Waals surface area contributed by atoms with E-state index in [1.165, 1.54) is 0 Å². The summed E-state index contributed by atoms with van der Waals surface area (Å²) in [7, 11) is 0. The molecule has 15 heavy (non-hydrogen) atoms. The lowest BCUT2D eigenvalue weighted by Gasteiger charge is -2.19. The summed E-state index contributed by atoms with van der Waals surface area (Å²) >= 11 is 0. The van der Waals surface area contributed by atoms with E-state index in [9.17, 15) is 0 Å². The normalized spacial score (nSPS) is 20.9. The van der Waals surface area contributed by atoms with Gasteiger partial charge in [-0.25, -0.2) is 4.98 Å². The molecule has 1 fully saturated rings. The van der Waals surface area contributed by atoms with Crippen molar-refractivity contribution in [1.29, 1.82) is 0 Å². The minimum Gasteiger partial charge on any atom is -0.396 e. The Balaban J connectivity index is 2.20. The summed E-state index contributed by atoms with van der Waals surface area (Å²) in [5.74, 6) is 1.23. The molecule has 1 aliphatic heterocycles. The fourth-order valence-electron chi connectivity index (χ4n) is 1.98. The number of hydrogen-bond acceptors (Lipinski definition) is 4. The number of rotatable bonds is 2. The number of nitrogens with two attached hydrogens (primary N) is 1. The van der Waals surface area contributed by atoms with Gasteiger partial charge in [0, 0.05) is 31.8 Å². The number of aryl methyl sites for hydroxylation is 1. The van der Waals surface area contributed by atoms with Crippen LogP contribution in [0.5, 0.6) is 0 Å². The molecule has 2 rings (SSSR count). The first-order valence-electron chi connectivity index (χ1n) is 5.29. The lowest BCUT2D eigenvalue weighted by molar-refractivity contribution is 0.238. The third-order valence-corrected chi connectivity index (χ3v) is 3.03. The zero-order chi connectivity index (χ0) is 10.8. The Morgan fingerprint density at radius 1 is 1.67 bits per heavy atom. The highest BCUT2D eigenvalue weighted by molar-refractivity contribution is 5.66. The molecule has 2 heterocycles. The van der Waals surface area contributed by atoms with Gasteiger partial charge in [0.2, 0.25) is 0 Å². The second-order valence-electron chi connectivity index (χ2n) is 4.15. The molecule has 0 amide bonds. The number of aliphatic hydroxyl groups is 1. The Kier molecular flexibility index (Phi) is 2.77. The molecule has 4 nitrogen and oxygen atoms in total. The number of nitrogens with zero attached hydrogens (tertiary/aromatic N) is 2. The van der Waals surface area contributed by atoms with Gasteiger partial charge in [0.1, 0.15) is 0 Å². The Labute approximate surface area is 89.7 Å². The average molecular weight is 207 g/mol. The lowest BCUT2D eigenvalue weighted by atomic mass is 10.1. The molecule has 0 saturated carbocycles. The van der Waals surface area contributed by atoms with Crippen molar-refractivity contribution in [2.24, 2.45) is 5.92 Å². The summed E-state index contributed by atoms with van der Waals surface area (Å²) in [5.41, 5.74) is 7.81. The summed E-state index contributed by atoms with van der Waals surface area (Å²) in [5, 5.41) is 9.08. The van der Waals surface area contributed by atoms with Crippen molar-refractivity contribution >= 4 is 11.5 Å². The number of anilines is 2. The fraction of sp³-hybridized carbons (Fsp3) is 0.545. The van der Waals surface area contributed by atoms with Crippen LogP contribution in [0.15, 0.2) is 12.3 Å². The molecule has 0 aliphatic carbocycles. The van der Waals surface area contributed by atoms with Crippen molar-refractivity contribution in [2.45, 2.75) is 13.3 Å². The number of aliphatic hydroxyl groups excluding tert-OH is 1. The first-order chi connectivity index (χ1) is 7.22. The molecule has 1 aliphatic rings. The third kappa shape index (κ3) is 1.90. The van der Waals surface area contributed by atoms with E-state index in [2.05, 4.69) is 9.88 Å². The van der Waals surface area contributed by atoms with Crippen LogP contribution in [0.1, 0.15) is 12.0 Å². The van der Waals surface area contributed by atoms with E-state index in [-0.39, 0.29) is 6.61 Å². The summed E-state index contributed by atoms with van der Waals surface area (Å²) in [6, 6.07) is 1.92. The van der Waals surface area contributed by atoms with E-state index in [0.717, 1.165) is 36.6 Å². The van der Waals surface area contributed by atoms with Gasteiger partial charge < -0.3 is 15.7 Å². The van der Waals surface area contributed by atoms with Gasteiger partial charge in [-0.3, -0.25) is 0 Å². The molecule has 1 unspecified atom stereocenters. The minimum atomic E-state index is 0.252. The van der Waals surface area contributed by atoms with Crippen molar-refractivity contribution in [2.75, 3.05) is 30.3 Å². The number of hydrogen-bond donors (Lipinski definition) is 2. The van der Waals surface area contributed by atoms with Crippen molar-refractivity contribution < 1.29 is 5.11 Å². The molecule has 3 N–H and O–H groups in total. The zero-order valence-corrected chi connectivity index (χ0v) is 8.98. The van der Waals surface area contributed by atoms with E-state index >= 15 is 0 Å². The van der Waals surface area contributed by atoms with E-state index in [4.69, 9.17) is 10.8 Å².